The molecule has 1 heterocycles. The lowest BCUT2D eigenvalue weighted by atomic mass is 10.1. The zero-order valence-electron chi connectivity index (χ0n) is 13.6. The van der Waals surface area contributed by atoms with Gasteiger partial charge in [-0.15, -0.1) is 0 Å². The summed E-state index contributed by atoms with van der Waals surface area (Å²) in [5, 5.41) is 2.26. The number of ether oxygens (including phenoxy) is 1. The maximum absolute atomic E-state index is 12.1. The van der Waals surface area contributed by atoms with Crippen LogP contribution in [0.4, 0.5) is 4.79 Å². The molecule has 0 aliphatic carbocycles. The molecule has 1 saturated heterocycles. The number of hydrogen-bond donors (Lipinski definition) is 1. The molecule has 3 rings (SSSR count). The predicted octanol–water partition coefficient (Wildman–Crippen LogP) is 2.24. The normalized spacial score (nSPS) is 16.6. The van der Waals surface area contributed by atoms with Gasteiger partial charge in [-0.2, -0.15) is 0 Å². The van der Waals surface area contributed by atoms with Crippen molar-refractivity contribution in [1.29, 1.82) is 0 Å². The first-order valence-electron chi connectivity index (χ1n) is 7.98. The number of amides is 3. The van der Waals surface area contributed by atoms with Crippen LogP contribution in [0.25, 0.3) is 0 Å². The Morgan fingerprint density at radius 1 is 0.960 bits per heavy atom. The van der Waals surface area contributed by atoms with Crippen molar-refractivity contribution in [3.05, 3.63) is 71.8 Å². The number of imide groups is 1. The standard InChI is InChI=1S/C19H18N2O4/c22-17(25-13-15-9-5-2-6-10-15)11-16-18(23)20-19(24)21(16)12-14-7-3-1-4-8-14/h1-10,16H,11-13H2,(H,20,23,24). The molecule has 6 nitrogen and oxygen atoms in total. The maximum Gasteiger partial charge on any atom is 0.325 e. The van der Waals surface area contributed by atoms with Crippen LogP contribution >= 0.6 is 0 Å². The Kier molecular flexibility index (Phi) is 5.09. The van der Waals surface area contributed by atoms with Crippen LogP contribution in [0.15, 0.2) is 60.7 Å². The van der Waals surface area contributed by atoms with Crippen molar-refractivity contribution >= 4 is 17.9 Å². The summed E-state index contributed by atoms with van der Waals surface area (Å²) in [7, 11) is 0. The molecule has 0 spiro atoms. The second kappa shape index (κ2) is 7.61. The van der Waals surface area contributed by atoms with E-state index in [0.717, 1.165) is 11.1 Å². The zero-order valence-corrected chi connectivity index (χ0v) is 13.6. The Labute approximate surface area is 145 Å². The molecule has 1 fully saturated rings. The monoisotopic (exact) mass is 338 g/mol. The molecule has 0 bridgehead atoms. The quantitative estimate of drug-likeness (QED) is 0.647. The van der Waals surface area contributed by atoms with Crippen molar-refractivity contribution in [2.75, 3.05) is 0 Å². The third-order valence-corrected chi connectivity index (χ3v) is 3.97. The van der Waals surface area contributed by atoms with E-state index in [1.165, 1.54) is 4.90 Å². The molecular formula is C19H18N2O4. The van der Waals surface area contributed by atoms with Gasteiger partial charge in [0.1, 0.15) is 12.6 Å². The van der Waals surface area contributed by atoms with Gasteiger partial charge in [0.15, 0.2) is 0 Å². The lowest BCUT2D eigenvalue weighted by Gasteiger charge is -2.21. The van der Waals surface area contributed by atoms with E-state index in [9.17, 15) is 14.4 Å². The molecule has 1 atom stereocenters. The highest BCUT2D eigenvalue weighted by atomic mass is 16.5. The van der Waals surface area contributed by atoms with Crippen molar-refractivity contribution in [1.82, 2.24) is 10.2 Å². The van der Waals surface area contributed by atoms with Crippen LogP contribution in [0, 0.1) is 0 Å². The number of esters is 1. The van der Waals surface area contributed by atoms with Gasteiger partial charge >= 0.3 is 12.0 Å². The van der Waals surface area contributed by atoms with Crippen LogP contribution in [-0.2, 0) is 27.5 Å². The maximum atomic E-state index is 12.1. The first kappa shape index (κ1) is 16.7. The Bertz CT molecular complexity index is 762. The van der Waals surface area contributed by atoms with E-state index < -0.39 is 23.9 Å². The van der Waals surface area contributed by atoms with Gasteiger partial charge in [0.2, 0.25) is 0 Å². The van der Waals surface area contributed by atoms with Gasteiger partial charge < -0.3 is 9.64 Å². The van der Waals surface area contributed by atoms with Crippen molar-refractivity contribution < 1.29 is 19.1 Å². The van der Waals surface area contributed by atoms with E-state index in [1.54, 1.807) is 0 Å². The largest absolute Gasteiger partial charge is 0.461 e. The number of rotatable bonds is 6. The lowest BCUT2D eigenvalue weighted by Crippen LogP contribution is -2.36. The highest BCUT2D eigenvalue weighted by Gasteiger charge is 2.39. The number of urea groups is 1. The van der Waals surface area contributed by atoms with Crippen molar-refractivity contribution in [2.45, 2.75) is 25.6 Å². The van der Waals surface area contributed by atoms with E-state index in [4.69, 9.17) is 4.74 Å². The first-order chi connectivity index (χ1) is 12.1. The number of carbonyl (C=O) groups is 3. The second-order valence-corrected chi connectivity index (χ2v) is 5.77. The van der Waals surface area contributed by atoms with Gasteiger partial charge in [0, 0.05) is 6.54 Å². The molecule has 2 aromatic carbocycles. The van der Waals surface area contributed by atoms with E-state index in [2.05, 4.69) is 5.32 Å². The van der Waals surface area contributed by atoms with Crippen molar-refractivity contribution in [3.63, 3.8) is 0 Å². The Morgan fingerprint density at radius 3 is 2.20 bits per heavy atom. The summed E-state index contributed by atoms with van der Waals surface area (Å²) in [6.45, 7) is 0.399. The Morgan fingerprint density at radius 2 is 1.56 bits per heavy atom. The molecule has 3 amide bonds. The molecule has 1 aliphatic heterocycles. The van der Waals surface area contributed by atoms with Crippen LogP contribution in [0.3, 0.4) is 0 Å². The average Bonchev–Trinajstić information content (AvgIpc) is 2.89. The van der Waals surface area contributed by atoms with E-state index >= 15 is 0 Å². The summed E-state index contributed by atoms with van der Waals surface area (Å²) in [4.78, 5) is 37.5. The SMILES string of the molecule is O=C(CC1C(=O)NC(=O)N1Cc1ccccc1)OCc1ccccc1. The van der Waals surface area contributed by atoms with Crippen LogP contribution < -0.4 is 5.32 Å². The molecular weight excluding hydrogens is 320 g/mol. The molecule has 25 heavy (non-hydrogen) atoms. The number of hydrogen-bond acceptors (Lipinski definition) is 4. The number of carbonyl (C=O) groups excluding carboxylic acids is 3. The molecule has 6 heteroatoms. The minimum atomic E-state index is -0.851. The molecule has 0 radical (unpaired) electrons. The second-order valence-electron chi connectivity index (χ2n) is 5.77. The highest BCUT2D eigenvalue weighted by Crippen LogP contribution is 2.17. The van der Waals surface area contributed by atoms with Gasteiger partial charge in [-0.05, 0) is 11.1 Å². The van der Waals surface area contributed by atoms with Gasteiger partial charge in [-0.1, -0.05) is 60.7 Å². The van der Waals surface area contributed by atoms with E-state index in [-0.39, 0.29) is 19.6 Å². The minimum absolute atomic E-state index is 0.140. The summed E-state index contributed by atoms with van der Waals surface area (Å²) in [6.07, 6.45) is -0.169. The average molecular weight is 338 g/mol. The lowest BCUT2D eigenvalue weighted by molar-refractivity contribution is -0.147. The Hall–Kier alpha value is -3.15. The minimum Gasteiger partial charge on any atom is -0.461 e. The molecule has 2 aromatic rings. The van der Waals surface area contributed by atoms with Crippen LogP contribution in [-0.4, -0.2) is 28.8 Å². The Balaban J connectivity index is 1.61. The van der Waals surface area contributed by atoms with Crippen molar-refractivity contribution in [3.8, 4) is 0 Å². The number of nitrogens with one attached hydrogen (secondary N) is 1. The highest BCUT2D eigenvalue weighted by molar-refractivity contribution is 6.05. The zero-order chi connectivity index (χ0) is 17.6. The third-order valence-electron chi connectivity index (χ3n) is 3.97. The summed E-state index contributed by atoms with van der Waals surface area (Å²) in [5.41, 5.74) is 1.75. The van der Waals surface area contributed by atoms with E-state index in [1.807, 2.05) is 60.7 Å². The fourth-order valence-corrected chi connectivity index (χ4v) is 2.66. The van der Waals surface area contributed by atoms with Gasteiger partial charge in [-0.3, -0.25) is 14.9 Å². The number of nitrogens with zero attached hydrogens (tertiary/aromatic N) is 1. The van der Waals surface area contributed by atoms with Crippen LogP contribution in [0.1, 0.15) is 17.5 Å². The third kappa shape index (κ3) is 4.23. The fourth-order valence-electron chi connectivity index (χ4n) is 2.66. The molecule has 1 N–H and O–H groups in total. The number of benzene rings is 2. The van der Waals surface area contributed by atoms with Gasteiger partial charge in [0.25, 0.3) is 5.91 Å². The predicted molar refractivity (Wildman–Crippen MR) is 90.2 cm³/mol. The van der Waals surface area contributed by atoms with Gasteiger partial charge in [-0.25, -0.2) is 4.79 Å². The summed E-state index contributed by atoms with van der Waals surface area (Å²) < 4.78 is 5.22. The molecule has 1 unspecified atom stereocenters. The molecule has 128 valence electrons. The first-order valence-corrected chi connectivity index (χ1v) is 7.98. The fraction of sp³-hybridized carbons (Fsp3) is 0.211. The van der Waals surface area contributed by atoms with Gasteiger partial charge in [0.05, 0.1) is 6.42 Å². The summed E-state index contributed by atoms with van der Waals surface area (Å²) in [6, 6.07) is 17.2. The van der Waals surface area contributed by atoms with Crippen LogP contribution in [0.5, 0.6) is 0 Å². The summed E-state index contributed by atoms with van der Waals surface area (Å²) >= 11 is 0. The topological polar surface area (TPSA) is 75.7 Å². The molecule has 0 aromatic heterocycles. The van der Waals surface area contributed by atoms with Crippen molar-refractivity contribution in [2.24, 2.45) is 0 Å². The van der Waals surface area contributed by atoms with Crippen LogP contribution in [0.2, 0.25) is 0 Å². The summed E-state index contributed by atoms with van der Waals surface area (Å²) in [5.74, 6) is -0.991. The molecule has 0 saturated carbocycles. The van der Waals surface area contributed by atoms with E-state index in [0.29, 0.717) is 0 Å². The smallest absolute Gasteiger partial charge is 0.325 e. The molecule has 1 aliphatic rings.